The second-order valence-electron chi connectivity index (χ2n) is 2.10. The van der Waals surface area contributed by atoms with Gasteiger partial charge in [0.15, 0.2) is 0 Å². The first-order valence-electron chi connectivity index (χ1n) is 2.93. The van der Waals surface area contributed by atoms with Crippen molar-refractivity contribution in [2.45, 2.75) is 6.92 Å². The van der Waals surface area contributed by atoms with Crippen LogP contribution in [0.15, 0.2) is 12.3 Å². The van der Waals surface area contributed by atoms with Crippen LogP contribution in [-0.2, 0) is 0 Å². The lowest BCUT2D eigenvalue weighted by molar-refractivity contribution is 0.108. The summed E-state index contributed by atoms with van der Waals surface area (Å²) in [5, 5.41) is -0.616. The monoisotopic (exact) mass is 173 g/mol. The van der Waals surface area contributed by atoms with Gasteiger partial charge in [-0.2, -0.15) is 4.39 Å². The first kappa shape index (κ1) is 8.14. The molecule has 0 saturated heterocycles. The van der Waals surface area contributed by atoms with Gasteiger partial charge in [-0.05, 0) is 30.2 Å². The molecule has 1 heterocycles. The van der Waals surface area contributed by atoms with Crippen molar-refractivity contribution in [3.63, 3.8) is 0 Å². The zero-order valence-electron chi connectivity index (χ0n) is 5.77. The average molecular weight is 174 g/mol. The van der Waals surface area contributed by atoms with Crippen LogP contribution >= 0.6 is 11.6 Å². The molecule has 1 aromatic rings. The lowest BCUT2D eigenvalue weighted by Gasteiger charge is -1.97. The summed E-state index contributed by atoms with van der Waals surface area (Å²) < 4.78 is 12.3. The van der Waals surface area contributed by atoms with E-state index < -0.39 is 11.2 Å². The van der Waals surface area contributed by atoms with Gasteiger partial charge in [0.2, 0.25) is 5.95 Å². The van der Waals surface area contributed by atoms with Crippen LogP contribution in [-0.4, -0.2) is 10.2 Å². The fraction of sp³-hybridized carbons (Fsp3) is 0.143. The normalized spacial score (nSPS) is 9.73. The van der Waals surface area contributed by atoms with Crippen molar-refractivity contribution >= 4 is 16.8 Å². The van der Waals surface area contributed by atoms with Gasteiger partial charge in [0.1, 0.15) is 0 Å². The average Bonchev–Trinajstić information content (AvgIpc) is 1.85. The number of halogens is 2. The zero-order chi connectivity index (χ0) is 8.43. The predicted octanol–water partition coefficient (Wildman–Crippen LogP) is 1.91. The van der Waals surface area contributed by atoms with Gasteiger partial charge in [-0.15, -0.1) is 0 Å². The third kappa shape index (κ3) is 1.74. The smallest absolute Gasteiger partial charge is 0.254 e. The molecule has 0 aliphatic carbocycles. The van der Waals surface area contributed by atoms with Gasteiger partial charge >= 0.3 is 0 Å². The number of carbonyl (C=O) groups is 1. The Labute approximate surface area is 68.0 Å². The zero-order valence-corrected chi connectivity index (χ0v) is 6.52. The van der Waals surface area contributed by atoms with Gasteiger partial charge in [0, 0.05) is 6.20 Å². The molecule has 0 spiro atoms. The molecule has 0 aliphatic heterocycles. The van der Waals surface area contributed by atoms with E-state index >= 15 is 0 Å². The second-order valence-corrected chi connectivity index (χ2v) is 2.44. The molecule has 1 aromatic heterocycles. The minimum Gasteiger partial charge on any atom is -0.276 e. The Morgan fingerprint density at radius 3 is 2.82 bits per heavy atom. The number of rotatable bonds is 1. The predicted molar refractivity (Wildman–Crippen MR) is 39.1 cm³/mol. The molecule has 4 heteroatoms. The highest BCUT2D eigenvalue weighted by molar-refractivity contribution is 6.67. The summed E-state index contributed by atoms with van der Waals surface area (Å²) in [6.45, 7) is 1.60. The van der Waals surface area contributed by atoms with E-state index in [1.165, 1.54) is 0 Å². The molecule has 0 atom stereocenters. The van der Waals surface area contributed by atoms with Crippen LogP contribution in [0.25, 0.3) is 0 Å². The SMILES string of the molecule is Cc1cc(F)ncc1C(=O)Cl. The summed E-state index contributed by atoms with van der Waals surface area (Å²) in [7, 11) is 0. The highest BCUT2D eigenvalue weighted by Gasteiger charge is 2.06. The molecule has 0 fully saturated rings. The highest BCUT2D eigenvalue weighted by atomic mass is 35.5. The third-order valence-electron chi connectivity index (χ3n) is 1.29. The van der Waals surface area contributed by atoms with Crippen LogP contribution in [0.1, 0.15) is 15.9 Å². The van der Waals surface area contributed by atoms with Crippen molar-refractivity contribution in [1.82, 2.24) is 4.98 Å². The number of hydrogen-bond donors (Lipinski definition) is 0. The molecule has 0 aromatic carbocycles. The summed E-state index contributed by atoms with van der Waals surface area (Å²) in [5.74, 6) is -0.607. The molecule has 1 rings (SSSR count). The van der Waals surface area contributed by atoms with Crippen LogP contribution in [0.5, 0.6) is 0 Å². The number of aromatic nitrogens is 1. The van der Waals surface area contributed by atoms with E-state index in [4.69, 9.17) is 11.6 Å². The van der Waals surface area contributed by atoms with E-state index in [2.05, 4.69) is 4.98 Å². The van der Waals surface area contributed by atoms with E-state index in [9.17, 15) is 9.18 Å². The topological polar surface area (TPSA) is 30.0 Å². The maximum atomic E-state index is 12.3. The lowest BCUT2D eigenvalue weighted by Crippen LogP contribution is -1.96. The third-order valence-corrected chi connectivity index (χ3v) is 1.49. The van der Waals surface area contributed by atoms with Gasteiger partial charge in [-0.3, -0.25) is 4.79 Å². The van der Waals surface area contributed by atoms with Gasteiger partial charge in [0.05, 0.1) is 5.56 Å². The molecule has 0 amide bonds. The van der Waals surface area contributed by atoms with Crippen LogP contribution in [0.3, 0.4) is 0 Å². The van der Waals surface area contributed by atoms with Crippen LogP contribution in [0, 0.1) is 12.9 Å². The fourth-order valence-corrected chi connectivity index (χ4v) is 0.925. The highest BCUT2D eigenvalue weighted by Crippen LogP contribution is 2.09. The maximum Gasteiger partial charge on any atom is 0.254 e. The molecular weight excluding hydrogens is 169 g/mol. The largest absolute Gasteiger partial charge is 0.276 e. The summed E-state index contributed by atoms with van der Waals surface area (Å²) in [6, 6.07) is 1.16. The van der Waals surface area contributed by atoms with Gasteiger partial charge < -0.3 is 0 Å². The number of hydrogen-bond acceptors (Lipinski definition) is 2. The Bertz CT molecular complexity index is 300. The van der Waals surface area contributed by atoms with E-state index in [0.29, 0.717) is 5.56 Å². The van der Waals surface area contributed by atoms with Gasteiger partial charge in [0.25, 0.3) is 5.24 Å². The molecule has 0 bridgehead atoms. The molecule has 2 nitrogen and oxygen atoms in total. The van der Waals surface area contributed by atoms with Crippen molar-refractivity contribution in [2.75, 3.05) is 0 Å². The summed E-state index contributed by atoms with van der Waals surface area (Å²) >= 11 is 5.16. The Hall–Kier alpha value is -0.960. The van der Waals surface area contributed by atoms with Gasteiger partial charge in [-0.25, -0.2) is 4.98 Å². The molecule has 0 radical (unpaired) electrons. The Kier molecular flexibility index (Phi) is 2.19. The molecule has 0 N–H and O–H groups in total. The van der Waals surface area contributed by atoms with Crippen LogP contribution in [0.2, 0.25) is 0 Å². The van der Waals surface area contributed by atoms with Gasteiger partial charge in [-0.1, -0.05) is 0 Å². The Morgan fingerprint density at radius 2 is 2.36 bits per heavy atom. The van der Waals surface area contributed by atoms with E-state index in [-0.39, 0.29) is 5.56 Å². The number of nitrogens with zero attached hydrogens (tertiary/aromatic N) is 1. The quantitative estimate of drug-likeness (QED) is 0.480. The summed E-state index contributed by atoms with van der Waals surface area (Å²) in [5.41, 5.74) is 0.741. The molecule has 0 unspecified atom stereocenters. The standard InChI is InChI=1S/C7H5ClFNO/c1-4-2-6(9)10-3-5(4)7(8)11/h2-3H,1H3. The maximum absolute atomic E-state index is 12.3. The van der Waals surface area contributed by atoms with E-state index in [1.807, 2.05) is 0 Å². The molecular formula is C7H5ClFNO. The Morgan fingerprint density at radius 1 is 1.73 bits per heavy atom. The second kappa shape index (κ2) is 2.96. The minimum atomic E-state index is -0.616. The number of pyridine rings is 1. The first-order chi connectivity index (χ1) is 5.11. The molecule has 11 heavy (non-hydrogen) atoms. The minimum absolute atomic E-state index is 0.244. The van der Waals surface area contributed by atoms with Crippen molar-refractivity contribution in [3.05, 3.63) is 29.3 Å². The number of aryl methyl sites for hydroxylation is 1. The summed E-state index contributed by atoms with van der Waals surface area (Å²) in [4.78, 5) is 13.9. The van der Waals surface area contributed by atoms with E-state index in [0.717, 1.165) is 12.3 Å². The van der Waals surface area contributed by atoms with Crippen molar-refractivity contribution in [1.29, 1.82) is 0 Å². The first-order valence-corrected chi connectivity index (χ1v) is 3.31. The van der Waals surface area contributed by atoms with Crippen LogP contribution in [0.4, 0.5) is 4.39 Å². The summed E-state index contributed by atoms with van der Waals surface area (Å²) in [6.07, 6.45) is 1.12. The Balaban J connectivity index is 3.20. The molecule has 58 valence electrons. The van der Waals surface area contributed by atoms with Crippen molar-refractivity contribution in [2.24, 2.45) is 0 Å². The number of carbonyl (C=O) groups excluding carboxylic acids is 1. The van der Waals surface area contributed by atoms with Crippen molar-refractivity contribution < 1.29 is 9.18 Å². The lowest BCUT2D eigenvalue weighted by atomic mass is 10.2. The fourth-order valence-electron chi connectivity index (χ4n) is 0.727. The molecule has 0 aliphatic rings. The van der Waals surface area contributed by atoms with Crippen molar-refractivity contribution in [3.8, 4) is 0 Å². The van der Waals surface area contributed by atoms with Crippen LogP contribution < -0.4 is 0 Å². The molecule has 0 saturated carbocycles. The van der Waals surface area contributed by atoms with E-state index in [1.54, 1.807) is 6.92 Å².